The van der Waals surface area contributed by atoms with Crippen molar-refractivity contribution in [3.63, 3.8) is 0 Å². The van der Waals surface area contributed by atoms with Gasteiger partial charge in [-0.15, -0.1) is 0 Å². The Balaban J connectivity index is 1.31. The average Bonchev–Trinajstić information content (AvgIpc) is 2.86. The summed E-state index contributed by atoms with van der Waals surface area (Å²) in [5.41, 5.74) is 3.58. The molecule has 0 radical (unpaired) electrons. The predicted octanol–water partition coefficient (Wildman–Crippen LogP) is 5.81. The molecule has 0 aliphatic heterocycles. The van der Waals surface area contributed by atoms with E-state index in [0.717, 1.165) is 6.42 Å². The lowest BCUT2D eigenvalue weighted by molar-refractivity contribution is 0.101. The van der Waals surface area contributed by atoms with Gasteiger partial charge in [0.1, 0.15) is 5.75 Å². The Labute approximate surface area is 193 Å². The van der Waals surface area contributed by atoms with Gasteiger partial charge in [0.05, 0.1) is 6.61 Å². The van der Waals surface area contributed by atoms with E-state index in [4.69, 9.17) is 4.74 Å². The van der Waals surface area contributed by atoms with Crippen LogP contribution in [0.15, 0.2) is 109 Å². The molecule has 0 saturated heterocycles. The highest BCUT2D eigenvalue weighted by molar-refractivity contribution is 6.05. The van der Waals surface area contributed by atoms with Crippen molar-refractivity contribution >= 4 is 23.2 Å². The second-order valence-electron chi connectivity index (χ2n) is 7.46. The van der Waals surface area contributed by atoms with Gasteiger partial charge in [-0.05, 0) is 60.2 Å². The Morgan fingerprint density at radius 3 is 1.79 bits per heavy atom. The Hall–Kier alpha value is -4.38. The smallest absolute Gasteiger partial charge is 0.255 e. The molecule has 164 valence electrons. The highest BCUT2D eigenvalue weighted by Gasteiger charge is 2.09. The first kappa shape index (κ1) is 21.8. The van der Waals surface area contributed by atoms with E-state index in [-0.39, 0.29) is 11.8 Å². The van der Waals surface area contributed by atoms with Gasteiger partial charge in [0.25, 0.3) is 11.8 Å². The van der Waals surface area contributed by atoms with E-state index in [1.807, 2.05) is 42.5 Å². The van der Waals surface area contributed by atoms with Crippen LogP contribution in [0.4, 0.5) is 11.4 Å². The fourth-order valence-corrected chi connectivity index (χ4v) is 3.29. The molecular weight excluding hydrogens is 412 g/mol. The standard InChI is InChI=1S/C28H24N2O3/c31-27(22-10-5-2-6-11-22)29-24-14-16-25(17-15-24)30-28(32)23-12-7-13-26(20-23)33-19-18-21-8-3-1-4-9-21/h1-17,20H,18-19H2,(H,29,31)(H,30,32). The predicted molar refractivity (Wildman–Crippen MR) is 131 cm³/mol. The number of benzene rings is 4. The van der Waals surface area contributed by atoms with Gasteiger partial charge in [-0.1, -0.05) is 54.6 Å². The highest BCUT2D eigenvalue weighted by Crippen LogP contribution is 2.18. The van der Waals surface area contributed by atoms with Crippen molar-refractivity contribution in [1.82, 2.24) is 0 Å². The fraction of sp³-hybridized carbons (Fsp3) is 0.0714. The molecule has 0 aromatic heterocycles. The summed E-state index contributed by atoms with van der Waals surface area (Å²) in [6.07, 6.45) is 0.796. The Bertz CT molecular complexity index is 1210. The highest BCUT2D eigenvalue weighted by atomic mass is 16.5. The molecule has 4 aromatic rings. The van der Waals surface area contributed by atoms with Crippen molar-refractivity contribution < 1.29 is 14.3 Å². The van der Waals surface area contributed by atoms with Gasteiger partial charge in [0.2, 0.25) is 0 Å². The lowest BCUT2D eigenvalue weighted by Gasteiger charge is -2.10. The van der Waals surface area contributed by atoms with E-state index < -0.39 is 0 Å². The molecule has 0 spiro atoms. The zero-order valence-corrected chi connectivity index (χ0v) is 18.0. The molecule has 0 bridgehead atoms. The molecule has 0 atom stereocenters. The summed E-state index contributed by atoms with van der Waals surface area (Å²) >= 11 is 0. The Morgan fingerprint density at radius 2 is 1.15 bits per heavy atom. The number of carbonyl (C=O) groups is 2. The summed E-state index contributed by atoms with van der Waals surface area (Å²) in [6, 6.07) is 33.2. The van der Waals surface area contributed by atoms with Crippen LogP contribution in [-0.2, 0) is 6.42 Å². The normalized spacial score (nSPS) is 10.3. The van der Waals surface area contributed by atoms with Gasteiger partial charge in [-0.3, -0.25) is 9.59 Å². The topological polar surface area (TPSA) is 67.4 Å². The van der Waals surface area contributed by atoms with Crippen LogP contribution >= 0.6 is 0 Å². The van der Waals surface area contributed by atoms with Gasteiger partial charge in [-0.25, -0.2) is 0 Å². The molecule has 0 saturated carbocycles. The molecule has 4 rings (SSSR count). The number of hydrogen-bond donors (Lipinski definition) is 2. The van der Waals surface area contributed by atoms with Crippen molar-refractivity contribution in [2.24, 2.45) is 0 Å². The Morgan fingerprint density at radius 1 is 0.606 bits per heavy atom. The monoisotopic (exact) mass is 436 g/mol. The molecule has 0 aliphatic rings. The maximum atomic E-state index is 12.7. The van der Waals surface area contributed by atoms with Crippen LogP contribution in [0.1, 0.15) is 26.3 Å². The van der Waals surface area contributed by atoms with Crippen LogP contribution in [0.5, 0.6) is 5.75 Å². The van der Waals surface area contributed by atoms with Crippen LogP contribution < -0.4 is 15.4 Å². The summed E-state index contributed by atoms with van der Waals surface area (Å²) in [4.78, 5) is 24.9. The van der Waals surface area contributed by atoms with Gasteiger partial charge >= 0.3 is 0 Å². The van der Waals surface area contributed by atoms with Crippen molar-refractivity contribution in [3.05, 3.63) is 126 Å². The Kier molecular flexibility index (Phi) is 7.13. The van der Waals surface area contributed by atoms with E-state index >= 15 is 0 Å². The summed E-state index contributed by atoms with van der Waals surface area (Å²) < 4.78 is 5.82. The van der Waals surface area contributed by atoms with E-state index in [1.165, 1.54) is 5.56 Å². The molecule has 0 aliphatic carbocycles. The molecule has 2 amide bonds. The first-order valence-corrected chi connectivity index (χ1v) is 10.7. The molecular formula is C28H24N2O3. The van der Waals surface area contributed by atoms with Crippen molar-refractivity contribution in [3.8, 4) is 5.75 Å². The summed E-state index contributed by atoms with van der Waals surface area (Å²) in [5.74, 6) is 0.235. The van der Waals surface area contributed by atoms with Crippen LogP contribution in [0.2, 0.25) is 0 Å². The van der Waals surface area contributed by atoms with Gasteiger partial charge in [0.15, 0.2) is 0 Å². The third-order valence-corrected chi connectivity index (χ3v) is 5.04. The number of ether oxygens (including phenoxy) is 1. The number of rotatable bonds is 8. The van der Waals surface area contributed by atoms with Crippen molar-refractivity contribution in [2.45, 2.75) is 6.42 Å². The molecule has 0 unspecified atom stereocenters. The molecule has 5 nitrogen and oxygen atoms in total. The average molecular weight is 437 g/mol. The molecule has 5 heteroatoms. The zero-order valence-electron chi connectivity index (χ0n) is 18.0. The van der Waals surface area contributed by atoms with Crippen molar-refractivity contribution in [1.29, 1.82) is 0 Å². The van der Waals surface area contributed by atoms with Crippen molar-refractivity contribution in [2.75, 3.05) is 17.2 Å². The van der Waals surface area contributed by atoms with Crippen LogP contribution in [0.25, 0.3) is 0 Å². The van der Waals surface area contributed by atoms with Gasteiger partial charge in [0, 0.05) is 28.9 Å². The lowest BCUT2D eigenvalue weighted by atomic mass is 10.1. The molecule has 33 heavy (non-hydrogen) atoms. The summed E-state index contributed by atoms with van der Waals surface area (Å²) in [6.45, 7) is 0.533. The number of amides is 2. The fourth-order valence-electron chi connectivity index (χ4n) is 3.29. The minimum absolute atomic E-state index is 0.184. The molecule has 0 fully saturated rings. The maximum Gasteiger partial charge on any atom is 0.255 e. The van der Waals surface area contributed by atoms with Crippen LogP contribution in [0, 0.1) is 0 Å². The minimum Gasteiger partial charge on any atom is -0.493 e. The second-order valence-corrected chi connectivity index (χ2v) is 7.46. The number of hydrogen-bond acceptors (Lipinski definition) is 3. The number of anilines is 2. The quantitative estimate of drug-likeness (QED) is 0.366. The summed E-state index contributed by atoms with van der Waals surface area (Å²) in [7, 11) is 0. The lowest BCUT2D eigenvalue weighted by Crippen LogP contribution is -2.13. The third-order valence-electron chi connectivity index (χ3n) is 5.04. The van der Waals surface area contributed by atoms with E-state index in [0.29, 0.717) is 34.9 Å². The maximum absolute atomic E-state index is 12.7. The largest absolute Gasteiger partial charge is 0.493 e. The van der Waals surface area contributed by atoms with E-state index in [2.05, 4.69) is 22.8 Å². The first-order chi connectivity index (χ1) is 16.2. The zero-order chi connectivity index (χ0) is 22.9. The third kappa shape index (κ3) is 6.31. The molecule has 4 aromatic carbocycles. The summed E-state index contributed by atoms with van der Waals surface area (Å²) in [5, 5.41) is 5.71. The minimum atomic E-state index is -0.232. The first-order valence-electron chi connectivity index (χ1n) is 10.7. The van der Waals surface area contributed by atoms with E-state index in [1.54, 1.807) is 54.6 Å². The molecule has 2 N–H and O–H groups in total. The SMILES string of the molecule is O=C(Nc1ccc(NC(=O)c2cccc(OCCc3ccccc3)c2)cc1)c1ccccc1. The number of carbonyl (C=O) groups excluding carboxylic acids is 2. The number of nitrogens with one attached hydrogen (secondary N) is 2. The van der Waals surface area contributed by atoms with Gasteiger partial charge in [-0.2, -0.15) is 0 Å². The molecule has 0 heterocycles. The van der Waals surface area contributed by atoms with Crippen LogP contribution in [-0.4, -0.2) is 18.4 Å². The van der Waals surface area contributed by atoms with E-state index in [9.17, 15) is 9.59 Å². The second kappa shape index (κ2) is 10.8. The van der Waals surface area contributed by atoms with Crippen LogP contribution in [0.3, 0.4) is 0 Å². The van der Waals surface area contributed by atoms with Gasteiger partial charge < -0.3 is 15.4 Å².